The molecular formula is C10H14ClN. The van der Waals surface area contributed by atoms with Gasteiger partial charge in [0, 0.05) is 5.02 Å². The molecule has 0 aliphatic carbocycles. The van der Waals surface area contributed by atoms with Crippen LogP contribution in [0.2, 0.25) is 5.02 Å². The van der Waals surface area contributed by atoms with Crippen molar-refractivity contribution in [1.29, 1.82) is 0 Å². The minimum Gasteiger partial charge on any atom is -0.330 e. The predicted molar refractivity (Wildman–Crippen MR) is 53.5 cm³/mol. The monoisotopic (exact) mass is 183 g/mol. The summed E-state index contributed by atoms with van der Waals surface area (Å²) >= 11 is 6.01. The van der Waals surface area contributed by atoms with Crippen molar-refractivity contribution >= 4 is 11.6 Å². The summed E-state index contributed by atoms with van der Waals surface area (Å²) in [5, 5.41) is 0.846. The lowest BCUT2D eigenvalue weighted by Gasteiger charge is -2.11. The Hall–Kier alpha value is -0.530. The molecule has 1 aromatic rings. The maximum absolute atomic E-state index is 6.01. The van der Waals surface area contributed by atoms with E-state index in [0.29, 0.717) is 12.5 Å². The SMILES string of the molecule is CC(CCN)c1ccccc1Cl. The molecule has 66 valence electrons. The zero-order valence-electron chi connectivity index (χ0n) is 7.26. The summed E-state index contributed by atoms with van der Waals surface area (Å²) in [4.78, 5) is 0. The molecule has 0 fully saturated rings. The number of rotatable bonds is 3. The molecule has 0 saturated carbocycles. The van der Waals surface area contributed by atoms with Crippen molar-refractivity contribution < 1.29 is 0 Å². The molecule has 1 unspecified atom stereocenters. The maximum atomic E-state index is 6.01. The second kappa shape index (κ2) is 4.48. The van der Waals surface area contributed by atoms with Crippen molar-refractivity contribution in [3.05, 3.63) is 34.9 Å². The lowest BCUT2D eigenvalue weighted by Crippen LogP contribution is -2.04. The molecule has 1 rings (SSSR count). The smallest absolute Gasteiger partial charge is 0.0440 e. The third-order valence-electron chi connectivity index (χ3n) is 2.04. The van der Waals surface area contributed by atoms with Crippen LogP contribution < -0.4 is 5.73 Å². The van der Waals surface area contributed by atoms with Gasteiger partial charge in [-0.15, -0.1) is 0 Å². The molecule has 0 spiro atoms. The normalized spacial score (nSPS) is 12.9. The van der Waals surface area contributed by atoms with E-state index in [1.54, 1.807) is 0 Å². The summed E-state index contributed by atoms with van der Waals surface area (Å²) in [5.74, 6) is 0.462. The molecule has 0 heterocycles. The molecule has 0 aromatic heterocycles. The van der Waals surface area contributed by atoms with Crippen LogP contribution in [0.1, 0.15) is 24.8 Å². The summed E-state index contributed by atoms with van der Waals surface area (Å²) in [7, 11) is 0. The number of nitrogens with two attached hydrogens (primary N) is 1. The highest BCUT2D eigenvalue weighted by Gasteiger charge is 2.06. The van der Waals surface area contributed by atoms with Gasteiger partial charge in [-0.2, -0.15) is 0 Å². The van der Waals surface area contributed by atoms with Crippen LogP contribution in [-0.4, -0.2) is 6.54 Å². The van der Waals surface area contributed by atoms with E-state index >= 15 is 0 Å². The Morgan fingerprint density at radius 2 is 2.08 bits per heavy atom. The summed E-state index contributed by atoms with van der Waals surface area (Å²) in [5.41, 5.74) is 6.67. The van der Waals surface area contributed by atoms with Crippen molar-refractivity contribution in [2.75, 3.05) is 6.54 Å². The number of halogens is 1. The summed E-state index contributed by atoms with van der Waals surface area (Å²) in [6.07, 6.45) is 0.990. The highest BCUT2D eigenvalue weighted by molar-refractivity contribution is 6.31. The van der Waals surface area contributed by atoms with Crippen molar-refractivity contribution in [2.45, 2.75) is 19.3 Å². The first-order chi connectivity index (χ1) is 5.75. The first kappa shape index (κ1) is 9.56. The van der Waals surface area contributed by atoms with E-state index in [2.05, 4.69) is 13.0 Å². The average Bonchev–Trinajstić information content (AvgIpc) is 2.05. The van der Waals surface area contributed by atoms with Gasteiger partial charge in [-0.25, -0.2) is 0 Å². The molecule has 1 nitrogen and oxygen atoms in total. The second-order valence-electron chi connectivity index (χ2n) is 3.00. The van der Waals surface area contributed by atoms with Crippen LogP contribution >= 0.6 is 11.6 Å². The van der Waals surface area contributed by atoms with E-state index in [0.717, 1.165) is 11.4 Å². The van der Waals surface area contributed by atoms with E-state index in [9.17, 15) is 0 Å². The van der Waals surface area contributed by atoms with Crippen molar-refractivity contribution in [3.8, 4) is 0 Å². The molecule has 2 heteroatoms. The Morgan fingerprint density at radius 3 is 2.67 bits per heavy atom. The van der Waals surface area contributed by atoms with Gasteiger partial charge >= 0.3 is 0 Å². The second-order valence-corrected chi connectivity index (χ2v) is 3.41. The van der Waals surface area contributed by atoms with Gasteiger partial charge in [-0.05, 0) is 30.5 Å². The zero-order valence-corrected chi connectivity index (χ0v) is 8.01. The lowest BCUT2D eigenvalue weighted by atomic mass is 9.98. The van der Waals surface area contributed by atoms with Crippen LogP contribution in [0.3, 0.4) is 0 Å². The molecule has 0 aliphatic heterocycles. The number of benzene rings is 1. The largest absolute Gasteiger partial charge is 0.330 e. The first-order valence-corrected chi connectivity index (χ1v) is 4.58. The Bertz CT molecular complexity index is 247. The topological polar surface area (TPSA) is 26.0 Å². The Labute approximate surface area is 78.5 Å². The highest BCUT2D eigenvalue weighted by Crippen LogP contribution is 2.25. The van der Waals surface area contributed by atoms with E-state index in [4.69, 9.17) is 17.3 Å². The third-order valence-corrected chi connectivity index (χ3v) is 2.38. The molecular weight excluding hydrogens is 170 g/mol. The summed E-state index contributed by atoms with van der Waals surface area (Å²) < 4.78 is 0. The first-order valence-electron chi connectivity index (χ1n) is 4.20. The zero-order chi connectivity index (χ0) is 8.97. The van der Waals surface area contributed by atoms with E-state index < -0.39 is 0 Å². The molecule has 0 radical (unpaired) electrons. The van der Waals surface area contributed by atoms with Crippen LogP contribution in [-0.2, 0) is 0 Å². The van der Waals surface area contributed by atoms with Gasteiger partial charge in [-0.3, -0.25) is 0 Å². The van der Waals surface area contributed by atoms with Gasteiger partial charge in [0.15, 0.2) is 0 Å². The fraction of sp³-hybridized carbons (Fsp3) is 0.400. The van der Waals surface area contributed by atoms with Gasteiger partial charge in [0.05, 0.1) is 0 Å². The molecule has 12 heavy (non-hydrogen) atoms. The standard InChI is InChI=1S/C10H14ClN/c1-8(6-7-12)9-4-2-3-5-10(9)11/h2-5,8H,6-7,12H2,1H3. The fourth-order valence-corrected chi connectivity index (χ4v) is 1.60. The minimum atomic E-state index is 0.462. The molecule has 1 atom stereocenters. The van der Waals surface area contributed by atoms with Crippen LogP contribution in [0.4, 0.5) is 0 Å². The van der Waals surface area contributed by atoms with Crippen molar-refractivity contribution in [2.24, 2.45) is 5.73 Å². The van der Waals surface area contributed by atoms with Gasteiger partial charge in [-0.1, -0.05) is 36.7 Å². The predicted octanol–water partition coefficient (Wildman–Crippen LogP) is 2.79. The molecule has 0 saturated heterocycles. The van der Waals surface area contributed by atoms with Gasteiger partial charge in [0.25, 0.3) is 0 Å². The van der Waals surface area contributed by atoms with Crippen LogP contribution in [0.15, 0.2) is 24.3 Å². The minimum absolute atomic E-state index is 0.462. The number of hydrogen-bond acceptors (Lipinski definition) is 1. The number of hydrogen-bond donors (Lipinski definition) is 1. The van der Waals surface area contributed by atoms with Gasteiger partial charge in [0.1, 0.15) is 0 Å². The van der Waals surface area contributed by atoms with E-state index in [1.165, 1.54) is 5.56 Å². The van der Waals surface area contributed by atoms with E-state index in [1.807, 2.05) is 18.2 Å². The van der Waals surface area contributed by atoms with Crippen molar-refractivity contribution in [3.63, 3.8) is 0 Å². The van der Waals surface area contributed by atoms with Crippen molar-refractivity contribution in [1.82, 2.24) is 0 Å². The van der Waals surface area contributed by atoms with E-state index in [-0.39, 0.29) is 0 Å². The average molecular weight is 184 g/mol. The van der Waals surface area contributed by atoms with Crippen LogP contribution in [0.5, 0.6) is 0 Å². The molecule has 0 aliphatic rings. The Balaban J connectivity index is 2.79. The van der Waals surface area contributed by atoms with Crippen LogP contribution in [0, 0.1) is 0 Å². The fourth-order valence-electron chi connectivity index (χ4n) is 1.28. The highest BCUT2D eigenvalue weighted by atomic mass is 35.5. The van der Waals surface area contributed by atoms with Gasteiger partial charge in [0.2, 0.25) is 0 Å². The quantitative estimate of drug-likeness (QED) is 0.767. The lowest BCUT2D eigenvalue weighted by molar-refractivity contribution is 0.690. The maximum Gasteiger partial charge on any atom is 0.0440 e. The molecule has 2 N–H and O–H groups in total. The molecule has 1 aromatic carbocycles. The Kier molecular flexibility index (Phi) is 3.57. The van der Waals surface area contributed by atoms with Gasteiger partial charge < -0.3 is 5.73 Å². The summed E-state index contributed by atoms with van der Waals surface area (Å²) in [6, 6.07) is 7.93. The van der Waals surface area contributed by atoms with Crippen LogP contribution in [0.25, 0.3) is 0 Å². The Morgan fingerprint density at radius 1 is 1.42 bits per heavy atom. The third kappa shape index (κ3) is 2.23. The molecule has 0 amide bonds. The summed E-state index contributed by atoms with van der Waals surface area (Å²) in [6.45, 7) is 2.86. The molecule has 0 bridgehead atoms.